The number of benzene rings is 2. The van der Waals surface area contributed by atoms with Gasteiger partial charge in [-0.05, 0) is 43.0 Å². The van der Waals surface area contributed by atoms with Gasteiger partial charge in [-0.15, -0.1) is 0 Å². The number of aromatic hydroxyl groups is 1. The number of phenols is 1. The molecule has 0 radical (unpaired) electrons. The first kappa shape index (κ1) is 22.6. The summed E-state index contributed by atoms with van der Waals surface area (Å²) in [5.41, 5.74) is 0.152. The Bertz CT molecular complexity index is 1270. The molecule has 1 heterocycles. The fourth-order valence-corrected chi connectivity index (χ4v) is 4.66. The molecular formula is C23H19Cl2F2NO4. The number of aromatic nitrogens is 1. The van der Waals surface area contributed by atoms with Gasteiger partial charge in [0.1, 0.15) is 0 Å². The molecule has 4 rings (SSSR count). The van der Waals surface area contributed by atoms with E-state index in [9.17, 15) is 24.2 Å². The number of halogens is 4. The van der Waals surface area contributed by atoms with Gasteiger partial charge in [0.05, 0.1) is 21.5 Å². The molecule has 2 aromatic carbocycles. The van der Waals surface area contributed by atoms with E-state index in [4.69, 9.17) is 23.2 Å². The van der Waals surface area contributed by atoms with Gasteiger partial charge in [-0.1, -0.05) is 42.5 Å². The maximum Gasteiger partial charge on any atom is 0.311 e. The fraction of sp³-hybridized carbons (Fsp3) is 0.304. The summed E-state index contributed by atoms with van der Waals surface area (Å²) < 4.78 is 30.4. The van der Waals surface area contributed by atoms with Crippen LogP contribution in [0, 0.1) is 24.5 Å². The van der Waals surface area contributed by atoms with Crippen LogP contribution >= 0.6 is 23.2 Å². The quantitative estimate of drug-likeness (QED) is 0.448. The molecule has 1 aliphatic carbocycles. The van der Waals surface area contributed by atoms with Crippen LogP contribution in [-0.4, -0.2) is 26.7 Å². The summed E-state index contributed by atoms with van der Waals surface area (Å²) in [6.45, 7) is 1.48. The lowest BCUT2D eigenvalue weighted by Gasteiger charge is -2.28. The summed E-state index contributed by atoms with van der Waals surface area (Å²) in [6.07, 6.45) is 2.99. The summed E-state index contributed by atoms with van der Waals surface area (Å²) >= 11 is 11.9. The minimum atomic E-state index is -1.29. The van der Waals surface area contributed by atoms with Crippen LogP contribution in [0.15, 0.2) is 24.3 Å². The van der Waals surface area contributed by atoms with Crippen molar-refractivity contribution in [2.75, 3.05) is 0 Å². The minimum Gasteiger partial charge on any atom is -0.503 e. The van der Waals surface area contributed by atoms with Crippen molar-refractivity contribution in [3.63, 3.8) is 0 Å². The predicted octanol–water partition coefficient (Wildman–Crippen LogP) is 6.29. The Labute approximate surface area is 192 Å². The molecule has 3 aromatic rings. The second kappa shape index (κ2) is 8.37. The zero-order valence-corrected chi connectivity index (χ0v) is 18.5. The van der Waals surface area contributed by atoms with Crippen molar-refractivity contribution in [3.8, 4) is 5.75 Å². The maximum absolute atomic E-state index is 15.1. The monoisotopic (exact) mass is 481 g/mol. The summed E-state index contributed by atoms with van der Waals surface area (Å²) in [5, 5.41) is 19.9. The topological polar surface area (TPSA) is 79.5 Å². The number of hydrogen-bond acceptors (Lipinski definition) is 3. The molecule has 0 unspecified atom stereocenters. The van der Waals surface area contributed by atoms with Crippen molar-refractivity contribution in [1.29, 1.82) is 0 Å². The smallest absolute Gasteiger partial charge is 0.311 e. The number of phenolic OH excluding ortho intramolecular Hbond substituents is 1. The van der Waals surface area contributed by atoms with Gasteiger partial charge < -0.3 is 10.2 Å². The molecule has 1 aliphatic rings. The average molecular weight is 482 g/mol. The zero-order chi connectivity index (χ0) is 23.3. The molecule has 0 saturated heterocycles. The SMILES string of the molecule is Cc1c([C@H](CC2CCC2)C(=O)O)c2c(F)c(O)c(F)cc2n1C(=O)c1ccc(Cl)c(Cl)c1. The Hall–Kier alpha value is -2.64. The van der Waals surface area contributed by atoms with Crippen LogP contribution in [0.1, 0.15) is 53.2 Å². The lowest BCUT2D eigenvalue weighted by molar-refractivity contribution is -0.139. The lowest BCUT2D eigenvalue weighted by atomic mass is 9.76. The highest BCUT2D eigenvalue weighted by molar-refractivity contribution is 6.42. The highest BCUT2D eigenvalue weighted by Gasteiger charge is 2.35. The van der Waals surface area contributed by atoms with E-state index >= 15 is 4.39 Å². The first-order valence-corrected chi connectivity index (χ1v) is 10.8. The van der Waals surface area contributed by atoms with Crippen LogP contribution in [0.2, 0.25) is 10.0 Å². The van der Waals surface area contributed by atoms with E-state index in [0.29, 0.717) is 0 Å². The highest BCUT2D eigenvalue weighted by atomic mass is 35.5. The van der Waals surface area contributed by atoms with Gasteiger partial charge in [0.15, 0.2) is 17.4 Å². The van der Waals surface area contributed by atoms with E-state index in [1.807, 2.05) is 0 Å². The van der Waals surface area contributed by atoms with E-state index in [1.165, 1.54) is 25.1 Å². The minimum absolute atomic E-state index is 0.0561. The zero-order valence-electron chi connectivity index (χ0n) is 17.0. The third-order valence-electron chi connectivity index (χ3n) is 6.22. The van der Waals surface area contributed by atoms with E-state index in [0.717, 1.165) is 29.9 Å². The molecule has 0 spiro atoms. The Morgan fingerprint density at radius 1 is 1.19 bits per heavy atom. The molecule has 1 saturated carbocycles. The molecule has 1 fully saturated rings. The molecule has 0 bridgehead atoms. The summed E-state index contributed by atoms with van der Waals surface area (Å²) in [4.78, 5) is 25.5. The highest BCUT2D eigenvalue weighted by Crippen LogP contribution is 2.43. The molecule has 32 heavy (non-hydrogen) atoms. The summed E-state index contributed by atoms with van der Waals surface area (Å²) in [6, 6.07) is 5.00. The first-order valence-electron chi connectivity index (χ1n) is 10.1. The van der Waals surface area contributed by atoms with Crippen molar-refractivity contribution in [1.82, 2.24) is 4.57 Å². The average Bonchev–Trinajstić information content (AvgIpc) is 2.98. The van der Waals surface area contributed by atoms with E-state index < -0.39 is 35.2 Å². The van der Waals surface area contributed by atoms with Crippen molar-refractivity contribution in [3.05, 3.63) is 62.8 Å². The molecule has 2 N–H and O–H groups in total. The summed E-state index contributed by atoms with van der Waals surface area (Å²) in [5.74, 6) is -6.56. The normalized spacial score (nSPS) is 15.0. The first-order chi connectivity index (χ1) is 15.1. The number of carboxylic acid groups (broad SMARTS) is 1. The van der Waals surface area contributed by atoms with Gasteiger partial charge in [0.2, 0.25) is 0 Å². The largest absolute Gasteiger partial charge is 0.503 e. The molecule has 1 aromatic heterocycles. The number of hydrogen-bond donors (Lipinski definition) is 2. The van der Waals surface area contributed by atoms with Crippen LogP contribution in [0.5, 0.6) is 5.75 Å². The third-order valence-corrected chi connectivity index (χ3v) is 6.96. The fourth-order valence-electron chi connectivity index (χ4n) is 4.36. The molecule has 168 valence electrons. The lowest BCUT2D eigenvalue weighted by Crippen LogP contribution is -2.21. The van der Waals surface area contributed by atoms with Gasteiger partial charge in [-0.25, -0.2) is 8.78 Å². The van der Waals surface area contributed by atoms with Crippen LogP contribution in [0.3, 0.4) is 0 Å². The number of nitrogens with zero attached hydrogens (tertiary/aromatic N) is 1. The summed E-state index contributed by atoms with van der Waals surface area (Å²) in [7, 11) is 0. The number of carbonyl (C=O) groups excluding carboxylic acids is 1. The van der Waals surface area contributed by atoms with Crippen molar-refractivity contribution < 1.29 is 28.6 Å². The third kappa shape index (κ3) is 3.63. The van der Waals surface area contributed by atoms with Gasteiger partial charge in [0, 0.05) is 22.7 Å². The number of fused-ring (bicyclic) bond motifs is 1. The van der Waals surface area contributed by atoms with Gasteiger partial charge in [-0.2, -0.15) is 0 Å². The Kier molecular flexibility index (Phi) is 5.90. The second-order valence-corrected chi connectivity index (χ2v) is 8.92. The Morgan fingerprint density at radius 3 is 2.44 bits per heavy atom. The van der Waals surface area contributed by atoms with Gasteiger partial charge in [-0.3, -0.25) is 14.2 Å². The van der Waals surface area contributed by atoms with Crippen LogP contribution in [0.4, 0.5) is 8.78 Å². The Morgan fingerprint density at radius 2 is 1.88 bits per heavy atom. The van der Waals surface area contributed by atoms with Gasteiger partial charge in [0.25, 0.3) is 5.91 Å². The predicted molar refractivity (Wildman–Crippen MR) is 117 cm³/mol. The van der Waals surface area contributed by atoms with Crippen LogP contribution in [-0.2, 0) is 4.79 Å². The van der Waals surface area contributed by atoms with E-state index in [2.05, 4.69) is 0 Å². The number of carbonyl (C=O) groups is 2. The van der Waals surface area contributed by atoms with E-state index in [-0.39, 0.29) is 50.1 Å². The maximum atomic E-state index is 15.1. The number of aliphatic carboxylic acids is 1. The number of rotatable bonds is 5. The molecule has 0 aliphatic heterocycles. The van der Waals surface area contributed by atoms with Crippen LogP contribution in [0.25, 0.3) is 10.9 Å². The molecule has 1 atom stereocenters. The molecule has 5 nitrogen and oxygen atoms in total. The van der Waals surface area contributed by atoms with Crippen molar-refractivity contribution in [2.45, 2.75) is 38.5 Å². The Balaban J connectivity index is 1.99. The second-order valence-electron chi connectivity index (χ2n) is 8.11. The molecular weight excluding hydrogens is 463 g/mol. The van der Waals surface area contributed by atoms with E-state index in [1.54, 1.807) is 0 Å². The standard InChI is InChI=1S/C23H19Cl2F2NO4/c1-10-18(13(23(31)32)7-11-3-2-4-11)19-17(9-16(26)21(29)20(19)27)28(10)22(30)12-5-6-14(24)15(25)8-12/h5-6,8-9,11,13,29H,2-4,7H2,1H3,(H,31,32)/t13-/m0/s1. The van der Waals surface area contributed by atoms with Crippen LogP contribution < -0.4 is 0 Å². The number of carboxylic acids is 1. The molecule has 9 heteroatoms. The molecule has 0 amide bonds. The van der Waals surface area contributed by atoms with Gasteiger partial charge >= 0.3 is 5.97 Å². The van der Waals surface area contributed by atoms with Crippen molar-refractivity contribution in [2.24, 2.45) is 5.92 Å². The van der Waals surface area contributed by atoms with Crippen molar-refractivity contribution >= 4 is 46.0 Å².